The normalized spacial score (nSPS) is 16.3. The Balaban J connectivity index is 1.89. The quantitative estimate of drug-likeness (QED) is 0.940. The maximum absolute atomic E-state index is 12.3. The van der Waals surface area contributed by atoms with Gasteiger partial charge >= 0.3 is 6.61 Å². The van der Waals surface area contributed by atoms with Gasteiger partial charge in [0.25, 0.3) is 5.91 Å². The number of carbonyl (C=O) groups excluding carboxylic acids is 1. The second kappa shape index (κ2) is 6.12. The van der Waals surface area contributed by atoms with Crippen LogP contribution in [0.2, 0.25) is 0 Å². The molecule has 3 rings (SSSR count). The number of methoxy groups -OCH3 is 1. The molecule has 0 saturated heterocycles. The number of hydrogen-bond acceptors (Lipinski definition) is 4. The van der Waals surface area contributed by atoms with Gasteiger partial charge in [-0.3, -0.25) is 4.79 Å². The summed E-state index contributed by atoms with van der Waals surface area (Å²) in [5, 5.41) is 2.69. The molecule has 1 aliphatic rings. The summed E-state index contributed by atoms with van der Waals surface area (Å²) in [5.41, 5.74) is 0.986. The molecule has 0 spiro atoms. The monoisotopic (exact) mass is 321 g/mol. The van der Waals surface area contributed by atoms with Crippen LogP contribution in [0, 0.1) is 0 Å². The van der Waals surface area contributed by atoms with E-state index in [4.69, 9.17) is 9.47 Å². The van der Waals surface area contributed by atoms with Gasteiger partial charge in [-0.05, 0) is 30.3 Å². The van der Waals surface area contributed by atoms with Gasteiger partial charge in [-0.25, -0.2) is 0 Å². The lowest BCUT2D eigenvalue weighted by Crippen LogP contribution is -2.36. The fourth-order valence-corrected chi connectivity index (χ4v) is 2.30. The van der Waals surface area contributed by atoms with E-state index in [1.165, 1.54) is 25.3 Å². The number of alkyl halides is 2. The topological polar surface area (TPSA) is 56.8 Å². The van der Waals surface area contributed by atoms with Crippen molar-refractivity contribution >= 4 is 5.91 Å². The van der Waals surface area contributed by atoms with E-state index in [0.717, 1.165) is 0 Å². The molecule has 23 heavy (non-hydrogen) atoms. The first kappa shape index (κ1) is 15.1. The number of fused-ring (bicyclic) bond motifs is 1. The van der Waals surface area contributed by atoms with Crippen molar-refractivity contribution < 1.29 is 27.8 Å². The highest BCUT2D eigenvalue weighted by Gasteiger charge is 2.27. The number of ether oxygens (including phenoxy) is 3. The average molecular weight is 321 g/mol. The van der Waals surface area contributed by atoms with Gasteiger partial charge in [0.2, 0.25) is 0 Å². The fraction of sp³-hybridized carbons (Fsp3) is 0.188. The van der Waals surface area contributed by atoms with Crippen LogP contribution in [0.4, 0.5) is 8.78 Å². The molecule has 0 radical (unpaired) electrons. The van der Waals surface area contributed by atoms with Crippen LogP contribution in [0.5, 0.6) is 17.2 Å². The molecular formula is C16H13F2NO4. The number of para-hydroxylation sites is 1. The highest BCUT2D eigenvalue weighted by molar-refractivity contribution is 5.98. The van der Waals surface area contributed by atoms with Gasteiger partial charge in [0.05, 0.1) is 12.7 Å². The van der Waals surface area contributed by atoms with Crippen LogP contribution < -0.4 is 19.5 Å². The SMILES string of the molecule is COc1cc(C2NC(=O)c3ccccc3O2)ccc1OC(F)F. The Morgan fingerprint density at radius 3 is 2.70 bits per heavy atom. The van der Waals surface area contributed by atoms with E-state index in [-0.39, 0.29) is 17.4 Å². The van der Waals surface area contributed by atoms with Crippen molar-refractivity contribution in [2.75, 3.05) is 7.11 Å². The van der Waals surface area contributed by atoms with E-state index >= 15 is 0 Å². The molecule has 1 heterocycles. The number of nitrogens with one attached hydrogen (secondary N) is 1. The molecule has 0 aromatic heterocycles. The van der Waals surface area contributed by atoms with E-state index < -0.39 is 12.8 Å². The predicted molar refractivity (Wildman–Crippen MR) is 76.9 cm³/mol. The minimum Gasteiger partial charge on any atom is -0.493 e. The van der Waals surface area contributed by atoms with Crippen LogP contribution in [-0.4, -0.2) is 19.6 Å². The first-order valence-electron chi connectivity index (χ1n) is 6.78. The molecule has 0 saturated carbocycles. The van der Waals surface area contributed by atoms with Gasteiger partial charge in [-0.2, -0.15) is 8.78 Å². The summed E-state index contributed by atoms with van der Waals surface area (Å²) in [4.78, 5) is 12.1. The molecule has 1 amide bonds. The molecule has 1 atom stereocenters. The highest BCUT2D eigenvalue weighted by Crippen LogP contribution is 2.34. The maximum atomic E-state index is 12.3. The summed E-state index contributed by atoms with van der Waals surface area (Å²) >= 11 is 0. The van der Waals surface area contributed by atoms with Crippen molar-refractivity contribution in [2.24, 2.45) is 0 Å². The van der Waals surface area contributed by atoms with E-state index in [0.29, 0.717) is 16.9 Å². The van der Waals surface area contributed by atoms with Crippen LogP contribution in [0.3, 0.4) is 0 Å². The van der Waals surface area contributed by atoms with E-state index in [1.807, 2.05) is 0 Å². The third kappa shape index (κ3) is 3.03. The number of hydrogen-bond donors (Lipinski definition) is 1. The van der Waals surface area contributed by atoms with Crippen molar-refractivity contribution in [1.29, 1.82) is 0 Å². The zero-order chi connectivity index (χ0) is 16.4. The molecule has 2 aromatic rings. The highest BCUT2D eigenvalue weighted by atomic mass is 19.3. The second-order valence-corrected chi connectivity index (χ2v) is 4.76. The Kier molecular flexibility index (Phi) is 4.01. The maximum Gasteiger partial charge on any atom is 0.387 e. The Morgan fingerprint density at radius 1 is 1.17 bits per heavy atom. The summed E-state index contributed by atoms with van der Waals surface area (Å²) in [7, 11) is 1.34. The van der Waals surface area contributed by atoms with Crippen LogP contribution in [-0.2, 0) is 0 Å². The minimum absolute atomic E-state index is 0.0891. The lowest BCUT2D eigenvalue weighted by atomic mass is 10.1. The van der Waals surface area contributed by atoms with Crippen molar-refractivity contribution in [1.82, 2.24) is 5.32 Å². The molecule has 0 bridgehead atoms. The predicted octanol–water partition coefficient (Wildman–Crippen LogP) is 3.12. The second-order valence-electron chi connectivity index (χ2n) is 4.76. The molecule has 5 nitrogen and oxygen atoms in total. The summed E-state index contributed by atoms with van der Waals surface area (Å²) in [6, 6.07) is 11.2. The Morgan fingerprint density at radius 2 is 1.96 bits per heavy atom. The number of carbonyl (C=O) groups is 1. The van der Waals surface area contributed by atoms with Crippen LogP contribution in [0.1, 0.15) is 22.1 Å². The lowest BCUT2D eigenvalue weighted by molar-refractivity contribution is -0.0512. The van der Waals surface area contributed by atoms with Gasteiger partial charge in [0.1, 0.15) is 5.75 Å². The van der Waals surface area contributed by atoms with E-state index in [9.17, 15) is 13.6 Å². The van der Waals surface area contributed by atoms with Gasteiger partial charge in [0.15, 0.2) is 17.7 Å². The molecule has 7 heteroatoms. The molecule has 2 aromatic carbocycles. The number of benzene rings is 2. The van der Waals surface area contributed by atoms with Gasteiger partial charge in [-0.15, -0.1) is 0 Å². The third-order valence-corrected chi connectivity index (χ3v) is 3.35. The summed E-state index contributed by atoms with van der Waals surface area (Å²) in [5.74, 6) is 0.213. The van der Waals surface area contributed by atoms with Crippen LogP contribution in [0.25, 0.3) is 0 Å². The van der Waals surface area contributed by atoms with Crippen molar-refractivity contribution in [3.8, 4) is 17.2 Å². The lowest BCUT2D eigenvalue weighted by Gasteiger charge is -2.27. The first-order chi connectivity index (χ1) is 11.1. The van der Waals surface area contributed by atoms with Gasteiger partial charge in [-0.1, -0.05) is 12.1 Å². The fourth-order valence-electron chi connectivity index (χ4n) is 2.30. The zero-order valence-electron chi connectivity index (χ0n) is 12.1. The van der Waals surface area contributed by atoms with Crippen molar-refractivity contribution in [2.45, 2.75) is 12.8 Å². The largest absolute Gasteiger partial charge is 0.493 e. The summed E-state index contributed by atoms with van der Waals surface area (Å²) in [6.45, 7) is -2.95. The molecule has 1 unspecified atom stereocenters. The average Bonchev–Trinajstić information content (AvgIpc) is 2.54. The smallest absolute Gasteiger partial charge is 0.387 e. The van der Waals surface area contributed by atoms with Crippen molar-refractivity contribution in [3.63, 3.8) is 0 Å². The van der Waals surface area contributed by atoms with Crippen molar-refractivity contribution in [3.05, 3.63) is 53.6 Å². The number of amides is 1. The Labute approximate surface area is 130 Å². The molecule has 1 N–H and O–H groups in total. The van der Waals surface area contributed by atoms with E-state index in [2.05, 4.69) is 10.1 Å². The molecule has 1 aliphatic heterocycles. The van der Waals surface area contributed by atoms with Gasteiger partial charge < -0.3 is 19.5 Å². The summed E-state index contributed by atoms with van der Waals surface area (Å²) < 4.78 is 39.8. The zero-order valence-corrected chi connectivity index (χ0v) is 12.1. The molecular weight excluding hydrogens is 308 g/mol. The molecule has 0 fully saturated rings. The molecule has 0 aliphatic carbocycles. The number of halogens is 2. The first-order valence-corrected chi connectivity index (χ1v) is 6.78. The summed E-state index contributed by atoms with van der Waals surface area (Å²) in [6.07, 6.45) is -0.744. The van der Waals surface area contributed by atoms with Gasteiger partial charge in [0, 0.05) is 5.56 Å². The van der Waals surface area contributed by atoms with E-state index in [1.54, 1.807) is 24.3 Å². The van der Waals surface area contributed by atoms with Crippen LogP contribution in [0.15, 0.2) is 42.5 Å². The number of rotatable bonds is 4. The standard InChI is InChI=1S/C16H13F2NO4/c1-21-13-8-9(6-7-12(13)23-16(17)18)15-19-14(20)10-4-2-3-5-11(10)22-15/h2-8,15-16H,1H3,(H,19,20). The molecule has 120 valence electrons. The minimum atomic E-state index is -2.95. The Hall–Kier alpha value is -2.83. The Bertz CT molecular complexity index is 736. The van der Waals surface area contributed by atoms with Crippen LogP contribution >= 0.6 is 0 Å². The third-order valence-electron chi connectivity index (χ3n) is 3.35.